The van der Waals surface area contributed by atoms with Crippen molar-refractivity contribution < 1.29 is 27.1 Å². The van der Waals surface area contributed by atoms with E-state index in [2.05, 4.69) is 5.32 Å². The van der Waals surface area contributed by atoms with Gasteiger partial charge in [0.1, 0.15) is 10.7 Å². The standard InChI is InChI=1S/C23H26FN3O5S/c1-15-4-3-5-20(16(15)2)27-14-17(12-22(27)28)23(29)25-18-6-7-19(24)21(13-18)33(30,31)26-8-10-32-11-9-26/h3-7,13,17H,8-12,14H2,1-2H3,(H,25,29)/t17-/m1/s1. The third kappa shape index (κ3) is 4.64. The molecule has 0 aliphatic carbocycles. The number of carbonyl (C=O) groups is 2. The Morgan fingerprint density at radius 3 is 2.61 bits per heavy atom. The monoisotopic (exact) mass is 475 g/mol. The zero-order chi connectivity index (χ0) is 23.8. The number of aryl methyl sites for hydroxylation is 1. The van der Waals surface area contributed by atoms with Gasteiger partial charge in [-0.1, -0.05) is 12.1 Å². The first kappa shape index (κ1) is 23.3. The number of morpholine rings is 1. The fourth-order valence-electron chi connectivity index (χ4n) is 4.09. The van der Waals surface area contributed by atoms with E-state index in [0.717, 1.165) is 33.3 Å². The Labute approximate surface area is 192 Å². The van der Waals surface area contributed by atoms with Gasteiger partial charge in [0.05, 0.1) is 19.1 Å². The van der Waals surface area contributed by atoms with E-state index < -0.39 is 32.6 Å². The van der Waals surface area contributed by atoms with Gasteiger partial charge >= 0.3 is 0 Å². The summed E-state index contributed by atoms with van der Waals surface area (Å²) in [6, 6.07) is 9.13. The number of anilines is 2. The molecule has 176 valence electrons. The second-order valence-corrected chi connectivity index (χ2v) is 10.2. The molecule has 2 fully saturated rings. The van der Waals surface area contributed by atoms with Gasteiger partial charge in [0.2, 0.25) is 21.8 Å². The maximum Gasteiger partial charge on any atom is 0.246 e. The van der Waals surface area contributed by atoms with Crippen LogP contribution in [0.4, 0.5) is 15.8 Å². The van der Waals surface area contributed by atoms with Gasteiger partial charge in [-0.25, -0.2) is 12.8 Å². The van der Waals surface area contributed by atoms with Crippen LogP contribution in [0.3, 0.4) is 0 Å². The Balaban J connectivity index is 1.51. The van der Waals surface area contributed by atoms with Crippen LogP contribution in [-0.2, 0) is 24.3 Å². The van der Waals surface area contributed by atoms with Crippen LogP contribution in [0.15, 0.2) is 41.3 Å². The minimum absolute atomic E-state index is 0.0410. The molecule has 0 unspecified atom stereocenters. The minimum atomic E-state index is -4.07. The molecule has 33 heavy (non-hydrogen) atoms. The molecule has 2 aromatic carbocycles. The highest BCUT2D eigenvalue weighted by molar-refractivity contribution is 7.89. The smallest absolute Gasteiger partial charge is 0.246 e. The van der Waals surface area contributed by atoms with Crippen molar-refractivity contribution >= 4 is 33.2 Å². The zero-order valence-electron chi connectivity index (χ0n) is 18.5. The molecule has 2 aliphatic heterocycles. The molecule has 4 rings (SSSR count). The Hall–Kier alpha value is -2.82. The highest BCUT2D eigenvalue weighted by Crippen LogP contribution is 2.30. The molecular formula is C23H26FN3O5S. The Bertz CT molecular complexity index is 1190. The van der Waals surface area contributed by atoms with Gasteiger partial charge in [-0.2, -0.15) is 4.31 Å². The molecule has 2 heterocycles. The lowest BCUT2D eigenvalue weighted by Gasteiger charge is -2.26. The average molecular weight is 476 g/mol. The number of nitrogens with zero attached hydrogens (tertiary/aromatic N) is 2. The Morgan fingerprint density at radius 2 is 1.88 bits per heavy atom. The third-order valence-electron chi connectivity index (χ3n) is 6.15. The summed E-state index contributed by atoms with van der Waals surface area (Å²) < 4.78 is 46.5. The second kappa shape index (κ2) is 9.20. The molecule has 0 spiro atoms. The summed E-state index contributed by atoms with van der Waals surface area (Å²) in [7, 11) is -4.07. The van der Waals surface area contributed by atoms with Gasteiger partial charge in [0, 0.05) is 37.4 Å². The normalized spacial score (nSPS) is 19.7. The first-order chi connectivity index (χ1) is 15.7. The van der Waals surface area contributed by atoms with Crippen LogP contribution >= 0.6 is 0 Å². The van der Waals surface area contributed by atoms with E-state index in [4.69, 9.17) is 4.74 Å². The fourth-order valence-corrected chi connectivity index (χ4v) is 5.59. The summed E-state index contributed by atoms with van der Waals surface area (Å²) in [5.41, 5.74) is 2.96. The van der Waals surface area contributed by atoms with Crippen LogP contribution in [0, 0.1) is 25.6 Å². The molecule has 1 atom stereocenters. The number of halogens is 1. The lowest BCUT2D eigenvalue weighted by atomic mass is 10.1. The number of carbonyl (C=O) groups excluding carboxylic acids is 2. The molecule has 0 aromatic heterocycles. The fraction of sp³-hybridized carbons (Fsp3) is 0.391. The number of amides is 2. The molecular weight excluding hydrogens is 449 g/mol. The number of nitrogens with one attached hydrogen (secondary N) is 1. The molecule has 2 aromatic rings. The van der Waals surface area contributed by atoms with Gasteiger partial charge in [0.25, 0.3) is 0 Å². The molecule has 2 amide bonds. The van der Waals surface area contributed by atoms with Crippen molar-refractivity contribution in [2.45, 2.75) is 25.2 Å². The van der Waals surface area contributed by atoms with Crippen molar-refractivity contribution in [1.82, 2.24) is 4.31 Å². The lowest BCUT2D eigenvalue weighted by Crippen LogP contribution is -2.41. The summed E-state index contributed by atoms with van der Waals surface area (Å²) in [6.07, 6.45) is 0.0410. The van der Waals surface area contributed by atoms with Gasteiger partial charge < -0.3 is 15.0 Å². The molecule has 1 N–H and O–H groups in total. The summed E-state index contributed by atoms with van der Waals surface area (Å²) in [5, 5.41) is 2.65. The van der Waals surface area contributed by atoms with Gasteiger partial charge in [0.15, 0.2) is 0 Å². The van der Waals surface area contributed by atoms with Crippen molar-refractivity contribution in [2.75, 3.05) is 43.1 Å². The summed E-state index contributed by atoms with van der Waals surface area (Å²) in [5.74, 6) is -2.07. The number of rotatable bonds is 5. The molecule has 0 radical (unpaired) electrons. The molecule has 2 saturated heterocycles. The van der Waals surface area contributed by atoms with Crippen molar-refractivity contribution in [2.24, 2.45) is 5.92 Å². The van der Waals surface area contributed by atoms with E-state index in [9.17, 15) is 22.4 Å². The Kier molecular flexibility index (Phi) is 6.51. The highest BCUT2D eigenvalue weighted by atomic mass is 32.2. The summed E-state index contributed by atoms with van der Waals surface area (Å²) in [6.45, 7) is 4.86. The van der Waals surface area contributed by atoms with Crippen molar-refractivity contribution in [3.63, 3.8) is 0 Å². The van der Waals surface area contributed by atoms with Crippen molar-refractivity contribution in [1.29, 1.82) is 0 Å². The number of hydrogen-bond acceptors (Lipinski definition) is 5. The maximum absolute atomic E-state index is 14.4. The third-order valence-corrected chi connectivity index (χ3v) is 8.06. The minimum Gasteiger partial charge on any atom is -0.379 e. The van der Waals surface area contributed by atoms with Gasteiger partial charge in [-0.05, 0) is 49.2 Å². The van der Waals surface area contributed by atoms with Crippen molar-refractivity contribution in [3.05, 3.63) is 53.3 Å². The molecule has 8 nitrogen and oxygen atoms in total. The first-order valence-corrected chi connectivity index (χ1v) is 12.2. The van der Waals surface area contributed by atoms with E-state index in [1.54, 1.807) is 4.90 Å². The molecule has 10 heteroatoms. The second-order valence-electron chi connectivity index (χ2n) is 8.28. The average Bonchev–Trinajstić information content (AvgIpc) is 3.19. The predicted octanol–water partition coefficient (Wildman–Crippen LogP) is 2.46. The van der Waals surface area contributed by atoms with Crippen LogP contribution in [0.1, 0.15) is 17.5 Å². The van der Waals surface area contributed by atoms with Crippen LogP contribution < -0.4 is 10.2 Å². The zero-order valence-corrected chi connectivity index (χ0v) is 19.3. The highest BCUT2D eigenvalue weighted by Gasteiger charge is 2.36. The van der Waals surface area contributed by atoms with Crippen LogP contribution in [0.2, 0.25) is 0 Å². The first-order valence-electron chi connectivity index (χ1n) is 10.7. The van der Waals surface area contributed by atoms with Crippen LogP contribution in [0.25, 0.3) is 0 Å². The number of sulfonamides is 1. The van der Waals surface area contributed by atoms with Crippen molar-refractivity contribution in [3.8, 4) is 0 Å². The molecule has 0 bridgehead atoms. The number of benzene rings is 2. The topological polar surface area (TPSA) is 96.0 Å². The summed E-state index contributed by atoms with van der Waals surface area (Å²) >= 11 is 0. The predicted molar refractivity (Wildman–Crippen MR) is 121 cm³/mol. The largest absolute Gasteiger partial charge is 0.379 e. The van der Waals surface area contributed by atoms with E-state index in [-0.39, 0.29) is 50.9 Å². The molecule has 0 saturated carbocycles. The van der Waals surface area contributed by atoms with E-state index in [1.807, 2.05) is 32.0 Å². The summed E-state index contributed by atoms with van der Waals surface area (Å²) in [4.78, 5) is 26.6. The van der Waals surface area contributed by atoms with Crippen LogP contribution in [0.5, 0.6) is 0 Å². The quantitative estimate of drug-likeness (QED) is 0.717. The van der Waals surface area contributed by atoms with E-state index in [1.165, 1.54) is 6.07 Å². The van der Waals surface area contributed by atoms with Crippen LogP contribution in [-0.4, -0.2) is 57.4 Å². The van der Waals surface area contributed by atoms with Gasteiger partial charge in [-0.3, -0.25) is 9.59 Å². The van der Waals surface area contributed by atoms with E-state index in [0.29, 0.717) is 0 Å². The SMILES string of the molecule is Cc1cccc(N2C[C@H](C(=O)Nc3ccc(F)c(S(=O)(=O)N4CCOCC4)c3)CC2=O)c1C. The number of ether oxygens (including phenoxy) is 1. The van der Waals surface area contributed by atoms with Gasteiger partial charge in [-0.15, -0.1) is 0 Å². The number of hydrogen-bond donors (Lipinski definition) is 1. The Morgan fingerprint density at radius 1 is 1.15 bits per heavy atom. The molecule has 2 aliphatic rings. The lowest BCUT2D eigenvalue weighted by molar-refractivity contribution is -0.122. The maximum atomic E-state index is 14.4. The van der Waals surface area contributed by atoms with E-state index >= 15 is 0 Å².